The van der Waals surface area contributed by atoms with E-state index in [1.54, 1.807) is 12.1 Å². The molecule has 198 valence electrons. The summed E-state index contributed by atoms with van der Waals surface area (Å²) < 4.78 is 64.1. The summed E-state index contributed by atoms with van der Waals surface area (Å²) in [7, 11) is -2.92. The van der Waals surface area contributed by atoms with Crippen LogP contribution in [0, 0.1) is 0 Å². The van der Waals surface area contributed by atoms with Gasteiger partial charge in [0.1, 0.15) is 18.1 Å². The Morgan fingerprint density at radius 1 is 0.944 bits per heavy atom. The summed E-state index contributed by atoms with van der Waals surface area (Å²) in [5.41, 5.74) is 0.117. The van der Waals surface area contributed by atoms with Crippen LogP contribution in [0.2, 0.25) is 0 Å². The van der Waals surface area contributed by atoms with Crippen molar-refractivity contribution in [3.05, 3.63) is 48.0 Å². The van der Waals surface area contributed by atoms with Crippen molar-refractivity contribution in [3.63, 3.8) is 0 Å². The molecule has 0 aromatic heterocycles. The second-order valence-corrected chi connectivity index (χ2v) is 12.6. The Morgan fingerprint density at radius 2 is 1.56 bits per heavy atom. The molecule has 0 radical (unpaired) electrons. The summed E-state index contributed by atoms with van der Waals surface area (Å²) in [6.07, 6.45) is 3.64. The number of carbonyl (C=O) groups is 1. The highest BCUT2D eigenvalue weighted by Gasteiger charge is 2.27. The topological polar surface area (TPSA) is 122 Å². The number of nitrogens with zero attached hydrogens (tertiary/aromatic N) is 2. The van der Waals surface area contributed by atoms with Crippen LogP contribution in [0.5, 0.6) is 11.5 Å². The molecular formula is C24H33N3O7S2. The molecule has 0 spiro atoms. The van der Waals surface area contributed by atoms with E-state index in [0.29, 0.717) is 18.8 Å². The second kappa shape index (κ2) is 12.0. The molecule has 1 heterocycles. The van der Waals surface area contributed by atoms with Crippen molar-refractivity contribution in [2.75, 3.05) is 47.4 Å². The first-order chi connectivity index (χ1) is 17.1. The van der Waals surface area contributed by atoms with Crippen LogP contribution >= 0.6 is 0 Å². The van der Waals surface area contributed by atoms with Crippen molar-refractivity contribution in [1.29, 1.82) is 0 Å². The van der Waals surface area contributed by atoms with Gasteiger partial charge in [0, 0.05) is 27.2 Å². The molecule has 0 unspecified atom stereocenters. The van der Waals surface area contributed by atoms with Crippen molar-refractivity contribution >= 4 is 26.0 Å². The Kier molecular flexibility index (Phi) is 9.34. The average molecular weight is 540 g/mol. The van der Waals surface area contributed by atoms with Crippen molar-refractivity contribution in [1.82, 2.24) is 13.9 Å². The molecule has 2 aromatic rings. The number of hydrogen-bond donors (Lipinski definition) is 1. The van der Waals surface area contributed by atoms with Gasteiger partial charge < -0.3 is 14.8 Å². The first kappa shape index (κ1) is 27.9. The van der Waals surface area contributed by atoms with E-state index in [2.05, 4.69) is 5.32 Å². The van der Waals surface area contributed by atoms with Crippen LogP contribution in [-0.2, 0) is 20.0 Å². The van der Waals surface area contributed by atoms with Gasteiger partial charge in [0.05, 0.1) is 29.0 Å². The molecule has 0 saturated carbocycles. The van der Waals surface area contributed by atoms with Gasteiger partial charge in [-0.15, -0.1) is 0 Å². The lowest BCUT2D eigenvalue weighted by Gasteiger charge is -2.20. The molecule has 1 aliphatic heterocycles. The molecule has 1 fully saturated rings. The highest BCUT2D eigenvalue weighted by atomic mass is 32.2. The lowest BCUT2D eigenvalue weighted by molar-refractivity contribution is 0.0943. The maximum atomic E-state index is 13.1. The summed E-state index contributed by atoms with van der Waals surface area (Å²) in [4.78, 5) is 13.0. The Morgan fingerprint density at radius 3 is 2.14 bits per heavy atom. The minimum atomic E-state index is -3.72. The van der Waals surface area contributed by atoms with E-state index in [4.69, 9.17) is 9.47 Å². The fraction of sp³-hybridized carbons (Fsp3) is 0.458. The highest BCUT2D eigenvalue weighted by molar-refractivity contribution is 7.89. The number of sulfonamides is 2. The lowest BCUT2D eigenvalue weighted by atomic mass is 10.2. The van der Waals surface area contributed by atoms with Crippen molar-refractivity contribution in [3.8, 4) is 11.5 Å². The smallest absolute Gasteiger partial charge is 0.255 e. The van der Waals surface area contributed by atoms with Crippen molar-refractivity contribution < 1.29 is 31.1 Å². The summed E-state index contributed by atoms with van der Waals surface area (Å²) in [5, 5.41) is 2.71. The zero-order chi connectivity index (χ0) is 26.3. The van der Waals surface area contributed by atoms with Gasteiger partial charge in [0.15, 0.2) is 0 Å². The summed E-state index contributed by atoms with van der Waals surface area (Å²) in [6, 6.07) is 10.3. The first-order valence-corrected chi connectivity index (χ1v) is 14.6. The predicted octanol–water partition coefficient (Wildman–Crippen LogP) is 2.32. The van der Waals surface area contributed by atoms with E-state index in [9.17, 15) is 21.6 Å². The van der Waals surface area contributed by atoms with Gasteiger partial charge in [-0.05, 0) is 55.3 Å². The van der Waals surface area contributed by atoms with E-state index in [0.717, 1.165) is 30.0 Å². The van der Waals surface area contributed by atoms with Crippen molar-refractivity contribution in [2.24, 2.45) is 0 Å². The van der Waals surface area contributed by atoms with Gasteiger partial charge in [-0.3, -0.25) is 4.79 Å². The molecule has 3 rings (SSSR count). The maximum Gasteiger partial charge on any atom is 0.255 e. The number of benzene rings is 2. The van der Waals surface area contributed by atoms with Crippen LogP contribution in [0.15, 0.2) is 52.3 Å². The van der Waals surface area contributed by atoms with Crippen LogP contribution in [-0.4, -0.2) is 78.8 Å². The van der Waals surface area contributed by atoms with Crippen LogP contribution < -0.4 is 14.8 Å². The molecule has 1 saturated heterocycles. The zero-order valence-corrected chi connectivity index (χ0v) is 22.4. The molecule has 10 nitrogen and oxygen atoms in total. The van der Waals surface area contributed by atoms with Crippen LogP contribution in [0.4, 0.5) is 0 Å². The normalized spacial score (nSPS) is 15.3. The Bertz CT molecular complexity index is 1250. The minimum absolute atomic E-state index is 0.0550. The molecule has 1 N–H and O–H groups in total. The number of nitrogens with one attached hydrogen (secondary N) is 1. The van der Waals surface area contributed by atoms with Crippen LogP contribution in [0.25, 0.3) is 0 Å². The average Bonchev–Trinajstić information content (AvgIpc) is 3.16. The third-order valence-corrected chi connectivity index (χ3v) is 9.60. The molecule has 2 aromatic carbocycles. The number of rotatable bonds is 10. The number of amides is 1. The van der Waals surface area contributed by atoms with Crippen LogP contribution in [0.3, 0.4) is 0 Å². The van der Waals surface area contributed by atoms with E-state index < -0.39 is 26.0 Å². The van der Waals surface area contributed by atoms with E-state index >= 15 is 0 Å². The van der Waals surface area contributed by atoms with Crippen LogP contribution in [0.1, 0.15) is 36.0 Å². The van der Waals surface area contributed by atoms with Gasteiger partial charge in [0.25, 0.3) is 5.91 Å². The monoisotopic (exact) mass is 539 g/mol. The maximum absolute atomic E-state index is 13.1. The van der Waals surface area contributed by atoms with Gasteiger partial charge in [-0.1, -0.05) is 12.8 Å². The van der Waals surface area contributed by atoms with Gasteiger partial charge >= 0.3 is 0 Å². The molecule has 36 heavy (non-hydrogen) atoms. The van der Waals surface area contributed by atoms with Gasteiger partial charge in [-0.25, -0.2) is 21.1 Å². The standard InChI is InChI=1S/C24H33N3O7S2/c1-26(2)35(29,30)20-10-8-19(9-11-20)34-17-14-25-24(28)22-18-21(12-13-23(22)33-3)36(31,32)27-15-6-4-5-7-16-27/h8-13,18H,4-7,14-17H2,1-3H3,(H,25,28). The summed E-state index contributed by atoms with van der Waals surface area (Å²) in [5.74, 6) is 0.224. The molecule has 0 bridgehead atoms. The molecular weight excluding hydrogens is 506 g/mol. The largest absolute Gasteiger partial charge is 0.496 e. The first-order valence-electron chi connectivity index (χ1n) is 11.7. The SMILES string of the molecule is COc1ccc(S(=O)(=O)N2CCCCCC2)cc1C(=O)NCCOc1ccc(S(=O)(=O)N(C)C)cc1. The minimum Gasteiger partial charge on any atom is -0.496 e. The number of ether oxygens (including phenoxy) is 2. The number of hydrogen-bond acceptors (Lipinski definition) is 7. The molecule has 1 aliphatic rings. The molecule has 0 aliphatic carbocycles. The Hall–Kier alpha value is -2.67. The summed E-state index contributed by atoms with van der Waals surface area (Å²) in [6.45, 7) is 1.20. The molecule has 0 atom stereocenters. The van der Waals surface area contributed by atoms with Crippen molar-refractivity contribution in [2.45, 2.75) is 35.5 Å². The van der Waals surface area contributed by atoms with Gasteiger partial charge in [-0.2, -0.15) is 4.31 Å². The highest BCUT2D eigenvalue weighted by Crippen LogP contribution is 2.26. The second-order valence-electron chi connectivity index (χ2n) is 8.54. The predicted molar refractivity (Wildman–Crippen MR) is 135 cm³/mol. The van der Waals surface area contributed by atoms with E-state index in [1.807, 2.05) is 0 Å². The zero-order valence-electron chi connectivity index (χ0n) is 20.8. The van der Waals surface area contributed by atoms with E-state index in [1.165, 1.54) is 55.8 Å². The fourth-order valence-electron chi connectivity index (χ4n) is 3.80. The summed E-state index contributed by atoms with van der Waals surface area (Å²) >= 11 is 0. The number of carbonyl (C=O) groups excluding carboxylic acids is 1. The third kappa shape index (κ3) is 6.55. The molecule has 12 heteroatoms. The Balaban J connectivity index is 1.63. The molecule has 1 amide bonds. The third-order valence-electron chi connectivity index (χ3n) is 5.88. The Labute approximate surface area is 213 Å². The fourth-order valence-corrected chi connectivity index (χ4v) is 6.25. The van der Waals surface area contributed by atoms with E-state index in [-0.39, 0.29) is 34.3 Å². The quantitative estimate of drug-likeness (QED) is 0.460. The van der Waals surface area contributed by atoms with Gasteiger partial charge in [0.2, 0.25) is 20.0 Å². The number of methoxy groups -OCH3 is 1. The lowest BCUT2D eigenvalue weighted by Crippen LogP contribution is -2.32.